The first-order valence-electron chi connectivity index (χ1n) is 6.70. The largest absolute Gasteiger partial charge is 0.385 e. The molecule has 1 aromatic carbocycles. The van der Waals surface area contributed by atoms with E-state index in [-0.39, 0.29) is 0 Å². The molecule has 2 aromatic rings. The lowest BCUT2D eigenvalue weighted by Crippen LogP contribution is -2.09. The van der Waals surface area contributed by atoms with Crippen LogP contribution in [0.25, 0.3) is 5.69 Å². The van der Waals surface area contributed by atoms with E-state index in [9.17, 15) is 0 Å². The first-order chi connectivity index (χ1) is 9.35. The number of benzene rings is 1. The van der Waals surface area contributed by atoms with Gasteiger partial charge in [-0.15, -0.1) is 0 Å². The van der Waals surface area contributed by atoms with Gasteiger partial charge in [0.1, 0.15) is 0 Å². The number of anilines is 1. The van der Waals surface area contributed by atoms with Crippen LogP contribution in [0.5, 0.6) is 0 Å². The summed E-state index contributed by atoms with van der Waals surface area (Å²) in [6, 6.07) is 8.53. The molecule has 4 heteroatoms. The number of nitrogens with zero attached hydrogens (tertiary/aromatic N) is 2. The van der Waals surface area contributed by atoms with E-state index in [2.05, 4.69) is 46.1 Å². The summed E-state index contributed by atoms with van der Waals surface area (Å²) in [5, 5.41) is 3.34. The predicted octanol–water partition coefficient (Wildman–Crippen LogP) is 2.88. The van der Waals surface area contributed by atoms with Crippen LogP contribution in [0.2, 0.25) is 0 Å². The first kappa shape index (κ1) is 13.6. The molecule has 0 amide bonds. The molecule has 0 spiro atoms. The minimum absolute atomic E-state index is 0.763. The molecule has 0 fully saturated rings. The number of rotatable bonds is 7. The maximum atomic E-state index is 5.04. The number of aryl methyl sites for hydroxylation is 1. The van der Waals surface area contributed by atoms with Gasteiger partial charge in [0.25, 0.3) is 0 Å². The summed E-state index contributed by atoms with van der Waals surface area (Å²) in [5.41, 5.74) is 2.47. The van der Waals surface area contributed by atoms with E-state index in [1.54, 1.807) is 7.11 Å². The summed E-state index contributed by atoms with van der Waals surface area (Å²) in [6.45, 7) is 3.79. The maximum Gasteiger partial charge on any atom is 0.207 e. The summed E-state index contributed by atoms with van der Waals surface area (Å²) in [6.07, 6.45) is 5.81. The highest BCUT2D eigenvalue weighted by Gasteiger charge is 2.04. The van der Waals surface area contributed by atoms with Crippen molar-refractivity contribution in [1.29, 1.82) is 0 Å². The van der Waals surface area contributed by atoms with E-state index in [0.717, 1.165) is 37.6 Å². The average Bonchev–Trinajstić information content (AvgIpc) is 2.92. The van der Waals surface area contributed by atoms with Crippen LogP contribution in [0.15, 0.2) is 36.7 Å². The predicted molar refractivity (Wildman–Crippen MR) is 77.9 cm³/mol. The van der Waals surface area contributed by atoms with Crippen molar-refractivity contribution < 1.29 is 4.74 Å². The molecule has 1 heterocycles. The lowest BCUT2D eigenvalue weighted by atomic mass is 10.1. The summed E-state index contributed by atoms with van der Waals surface area (Å²) in [7, 11) is 1.72. The third-order valence-electron chi connectivity index (χ3n) is 3.05. The molecule has 0 bridgehead atoms. The van der Waals surface area contributed by atoms with Crippen LogP contribution < -0.4 is 5.32 Å². The van der Waals surface area contributed by atoms with Crippen molar-refractivity contribution in [1.82, 2.24) is 9.55 Å². The highest BCUT2D eigenvalue weighted by atomic mass is 16.5. The van der Waals surface area contributed by atoms with Crippen LogP contribution in [-0.2, 0) is 11.2 Å². The lowest BCUT2D eigenvalue weighted by molar-refractivity contribution is 0.197. The Balaban J connectivity index is 2.09. The minimum Gasteiger partial charge on any atom is -0.385 e. The smallest absolute Gasteiger partial charge is 0.207 e. The van der Waals surface area contributed by atoms with E-state index >= 15 is 0 Å². The Bertz CT molecular complexity index is 508. The van der Waals surface area contributed by atoms with Crippen molar-refractivity contribution in [2.45, 2.75) is 19.8 Å². The van der Waals surface area contributed by atoms with Gasteiger partial charge < -0.3 is 10.1 Å². The van der Waals surface area contributed by atoms with Gasteiger partial charge in [-0.3, -0.25) is 4.57 Å². The topological polar surface area (TPSA) is 39.1 Å². The molecule has 1 N–H and O–H groups in total. The molecule has 0 unspecified atom stereocenters. The molecule has 1 aromatic heterocycles. The quantitative estimate of drug-likeness (QED) is 0.777. The monoisotopic (exact) mass is 259 g/mol. The Morgan fingerprint density at radius 2 is 2.26 bits per heavy atom. The van der Waals surface area contributed by atoms with Crippen molar-refractivity contribution in [2.75, 3.05) is 25.6 Å². The Kier molecular flexibility index (Phi) is 4.98. The van der Waals surface area contributed by atoms with Gasteiger partial charge in [-0.05, 0) is 30.5 Å². The summed E-state index contributed by atoms with van der Waals surface area (Å²) in [4.78, 5) is 4.36. The lowest BCUT2D eigenvalue weighted by Gasteiger charge is -2.10. The molecule has 4 nitrogen and oxygen atoms in total. The van der Waals surface area contributed by atoms with Crippen LogP contribution in [0.1, 0.15) is 18.9 Å². The minimum atomic E-state index is 0.763. The highest BCUT2D eigenvalue weighted by Crippen LogP contribution is 2.16. The Morgan fingerprint density at radius 3 is 3.05 bits per heavy atom. The third kappa shape index (κ3) is 3.58. The van der Waals surface area contributed by atoms with Crippen molar-refractivity contribution >= 4 is 5.95 Å². The standard InChI is InChI=1S/C15H21N3O/c1-3-13-6-4-7-14(12-13)18-10-9-17-15(18)16-8-5-11-19-2/h4,6-7,9-10,12H,3,5,8,11H2,1-2H3,(H,16,17). The molecule has 0 aliphatic rings. The number of hydrogen-bond donors (Lipinski definition) is 1. The van der Waals surface area contributed by atoms with E-state index in [1.165, 1.54) is 5.56 Å². The Labute approximate surface area is 114 Å². The highest BCUT2D eigenvalue weighted by molar-refractivity contribution is 5.43. The zero-order valence-electron chi connectivity index (χ0n) is 11.6. The van der Waals surface area contributed by atoms with E-state index < -0.39 is 0 Å². The number of hydrogen-bond acceptors (Lipinski definition) is 3. The molecule has 0 aliphatic carbocycles. The van der Waals surface area contributed by atoms with Gasteiger partial charge in [0, 0.05) is 38.3 Å². The molecule has 0 radical (unpaired) electrons. The molecule has 0 saturated heterocycles. The second kappa shape index (κ2) is 6.95. The molecule has 0 aliphatic heterocycles. The Hall–Kier alpha value is -1.81. The first-order valence-corrected chi connectivity index (χ1v) is 6.70. The van der Waals surface area contributed by atoms with Gasteiger partial charge in [0.2, 0.25) is 5.95 Å². The number of aromatic nitrogens is 2. The molecule has 102 valence electrons. The number of methoxy groups -OCH3 is 1. The van der Waals surface area contributed by atoms with Crippen molar-refractivity contribution in [3.05, 3.63) is 42.2 Å². The summed E-state index contributed by atoms with van der Waals surface area (Å²) >= 11 is 0. The molecule has 0 atom stereocenters. The summed E-state index contributed by atoms with van der Waals surface area (Å²) in [5.74, 6) is 0.879. The van der Waals surface area contributed by atoms with Crippen molar-refractivity contribution in [3.63, 3.8) is 0 Å². The van der Waals surface area contributed by atoms with Crippen molar-refractivity contribution in [3.8, 4) is 5.69 Å². The van der Waals surface area contributed by atoms with Gasteiger partial charge in [0.15, 0.2) is 0 Å². The molecular weight excluding hydrogens is 238 g/mol. The van der Waals surface area contributed by atoms with Crippen molar-refractivity contribution in [2.24, 2.45) is 0 Å². The normalized spacial score (nSPS) is 10.6. The molecule has 19 heavy (non-hydrogen) atoms. The SMILES string of the molecule is CCc1cccc(-n2ccnc2NCCCOC)c1. The second-order valence-corrected chi connectivity index (χ2v) is 4.42. The number of imidazole rings is 1. The second-order valence-electron chi connectivity index (χ2n) is 4.42. The van der Waals surface area contributed by atoms with Crippen LogP contribution in [0, 0.1) is 0 Å². The van der Waals surface area contributed by atoms with Gasteiger partial charge in [-0.1, -0.05) is 19.1 Å². The van der Waals surface area contributed by atoms with Gasteiger partial charge >= 0.3 is 0 Å². The maximum absolute atomic E-state index is 5.04. The Morgan fingerprint density at radius 1 is 1.37 bits per heavy atom. The van der Waals surface area contributed by atoms with Crippen LogP contribution in [-0.4, -0.2) is 29.8 Å². The fourth-order valence-corrected chi connectivity index (χ4v) is 1.99. The van der Waals surface area contributed by atoms with E-state index in [1.807, 2.05) is 12.4 Å². The molecule has 2 rings (SSSR count). The number of ether oxygens (including phenoxy) is 1. The zero-order chi connectivity index (χ0) is 13.5. The van der Waals surface area contributed by atoms with E-state index in [4.69, 9.17) is 4.74 Å². The summed E-state index contributed by atoms with van der Waals surface area (Å²) < 4.78 is 7.11. The van der Waals surface area contributed by atoms with Gasteiger partial charge in [0.05, 0.1) is 0 Å². The average molecular weight is 259 g/mol. The van der Waals surface area contributed by atoms with Crippen LogP contribution in [0.4, 0.5) is 5.95 Å². The molecular formula is C15H21N3O. The van der Waals surface area contributed by atoms with Crippen LogP contribution in [0.3, 0.4) is 0 Å². The van der Waals surface area contributed by atoms with Gasteiger partial charge in [-0.2, -0.15) is 0 Å². The van der Waals surface area contributed by atoms with E-state index in [0.29, 0.717) is 0 Å². The zero-order valence-corrected chi connectivity index (χ0v) is 11.6. The van der Waals surface area contributed by atoms with Gasteiger partial charge in [-0.25, -0.2) is 4.98 Å². The molecule has 0 saturated carbocycles. The third-order valence-corrected chi connectivity index (χ3v) is 3.05. The fraction of sp³-hybridized carbons (Fsp3) is 0.400. The van der Waals surface area contributed by atoms with Crippen LogP contribution >= 0.6 is 0 Å². The fourth-order valence-electron chi connectivity index (χ4n) is 1.99. The number of nitrogens with one attached hydrogen (secondary N) is 1.